The molecule has 3 nitrogen and oxygen atoms in total. The van der Waals surface area contributed by atoms with E-state index in [1.165, 1.54) is 19.5 Å². The van der Waals surface area contributed by atoms with Crippen molar-refractivity contribution in [3.63, 3.8) is 0 Å². The Hall–Kier alpha value is -0.120. The summed E-state index contributed by atoms with van der Waals surface area (Å²) < 4.78 is 0. The van der Waals surface area contributed by atoms with Crippen LogP contribution in [0.4, 0.5) is 0 Å². The molecular weight excluding hydrogens is 188 g/mol. The molecule has 0 spiro atoms. The van der Waals surface area contributed by atoms with Gasteiger partial charge in [-0.1, -0.05) is 20.8 Å². The fourth-order valence-electron chi connectivity index (χ4n) is 2.27. The molecule has 1 rings (SSSR count). The fourth-order valence-corrected chi connectivity index (χ4v) is 2.27. The summed E-state index contributed by atoms with van der Waals surface area (Å²) in [6.45, 7) is 10.4. The van der Waals surface area contributed by atoms with E-state index in [4.69, 9.17) is 0 Å². The van der Waals surface area contributed by atoms with Crippen molar-refractivity contribution in [3.05, 3.63) is 0 Å². The molecule has 15 heavy (non-hydrogen) atoms. The van der Waals surface area contributed by atoms with E-state index in [0.717, 1.165) is 18.9 Å². The first-order chi connectivity index (χ1) is 7.11. The van der Waals surface area contributed by atoms with E-state index < -0.39 is 0 Å². The predicted molar refractivity (Wildman–Crippen MR) is 64.0 cm³/mol. The van der Waals surface area contributed by atoms with Crippen molar-refractivity contribution < 1.29 is 5.11 Å². The number of hydrogen-bond donors (Lipinski definition) is 2. The van der Waals surface area contributed by atoms with Gasteiger partial charge >= 0.3 is 0 Å². The van der Waals surface area contributed by atoms with Gasteiger partial charge in [-0.05, 0) is 31.8 Å². The van der Waals surface area contributed by atoms with Gasteiger partial charge in [-0.3, -0.25) is 0 Å². The van der Waals surface area contributed by atoms with E-state index in [1.807, 2.05) is 0 Å². The third kappa shape index (κ3) is 4.96. The summed E-state index contributed by atoms with van der Waals surface area (Å²) in [4.78, 5) is 2.51. The van der Waals surface area contributed by atoms with Crippen LogP contribution in [0.15, 0.2) is 0 Å². The minimum Gasteiger partial charge on any atom is -0.395 e. The molecule has 90 valence electrons. The van der Waals surface area contributed by atoms with Crippen LogP contribution in [0, 0.1) is 5.92 Å². The third-order valence-corrected chi connectivity index (χ3v) is 3.09. The van der Waals surface area contributed by atoms with Gasteiger partial charge in [0, 0.05) is 18.6 Å². The largest absolute Gasteiger partial charge is 0.395 e. The highest BCUT2D eigenvalue weighted by atomic mass is 16.3. The lowest BCUT2D eigenvalue weighted by atomic mass is 10.2. The molecule has 0 aromatic heterocycles. The summed E-state index contributed by atoms with van der Waals surface area (Å²) >= 11 is 0. The molecular formula is C12H26N2O. The topological polar surface area (TPSA) is 35.5 Å². The maximum absolute atomic E-state index is 9.22. The van der Waals surface area contributed by atoms with Crippen LogP contribution in [-0.4, -0.2) is 48.3 Å². The summed E-state index contributed by atoms with van der Waals surface area (Å²) in [5.41, 5.74) is 0. The second kappa shape index (κ2) is 6.46. The van der Waals surface area contributed by atoms with Gasteiger partial charge in [0.1, 0.15) is 0 Å². The zero-order valence-electron chi connectivity index (χ0n) is 10.4. The fraction of sp³-hybridized carbons (Fsp3) is 1.00. The number of rotatable bonds is 6. The summed E-state index contributed by atoms with van der Waals surface area (Å²) in [5.74, 6) is 0.857. The molecule has 2 unspecified atom stereocenters. The molecule has 1 aliphatic rings. The van der Waals surface area contributed by atoms with Gasteiger partial charge in [-0.25, -0.2) is 0 Å². The molecule has 0 aromatic carbocycles. The molecule has 0 bridgehead atoms. The monoisotopic (exact) mass is 214 g/mol. The minimum atomic E-state index is 0.252. The molecule has 1 saturated heterocycles. The lowest BCUT2D eigenvalue weighted by Gasteiger charge is -2.22. The Kier molecular flexibility index (Phi) is 5.58. The van der Waals surface area contributed by atoms with Crippen molar-refractivity contribution in [2.24, 2.45) is 5.92 Å². The predicted octanol–water partition coefficient (Wildman–Crippen LogP) is 1.08. The lowest BCUT2D eigenvalue weighted by molar-refractivity contribution is 0.209. The van der Waals surface area contributed by atoms with Crippen LogP contribution in [0.1, 0.15) is 33.6 Å². The van der Waals surface area contributed by atoms with Crippen LogP contribution in [0.5, 0.6) is 0 Å². The van der Waals surface area contributed by atoms with Gasteiger partial charge < -0.3 is 15.3 Å². The average molecular weight is 214 g/mol. The van der Waals surface area contributed by atoms with Gasteiger partial charge in [0.2, 0.25) is 0 Å². The summed E-state index contributed by atoms with van der Waals surface area (Å²) in [6, 6.07) is 0.723. The minimum absolute atomic E-state index is 0.252. The van der Waals surface area contributed by atoms with Gasteiger partial charge in [0.25, 0.3) is 0 Å². The Bertz CT molecular complexity index is 173. The van der Waals surface area contributed by atoms with Gasteiger partial charge in [0.05, 0.1) is 6.61 Å². The van der Waals surface area contributed by atoms with E-state index in [2.05, 4.69) is 31.0 Å². The van der Waals surface area contributed by atoms with E-state index in [-0.39, 0.29) is 12.6 Å². The van der Waals surface area contributed by atoms with Crippen LogP contribution in [-0.2, 0) is 0 Å². The summed E-state index contributed by atoms with van der Waals surface area (Å²) in [5, 5.41) is 12.6. The van der Waals surface area contributed by atoms with Crippen molar-refractivity contribution in [2.75, 3.05) is 26.2 Å². The number of nitrogens with one attached hydrogen (secondary N) is 1. The molecule has 0 amide bonds. The van der Waals surface area contributed by atoms with Crippen LogP contribution < -0.4 is 5.32 Å². The normalized spacial score (nSPS) is 25.0. The van der Waals surface area contributed by atoms with Gasteiger partial charge in [-0.2, -0.15) is 0 Å². The van der Waals surface area contributed by atoms with Crippen LogP contribution >= 0.6 is 0 Å². The second-order valence-electron chi connectivity index (χ2n) is 5.18. The number of aliphatic hydroxyl groups is 1. The molecule has 1 aliphatic heterocycles. The molecule has 3 heteroatoms. The first kappa shape index (κ1) is 12.9. The smallest absolute Gasteiger partial charge is 0.0585 e. The maximum atomic E-state index is 9.22. The molecule has 1 fully saturated rings. The van der Waals surface area contributed by atoms with Crippen LogP contribution in [0.25, 0.3) is 0 Å². The second-order valence-corrected chi connectivity index (χ2v) is 5.18. The number of aliphatic hydroxyl groups excluding tert-OH is 1. The molecule has 0 aliphatic carbocycles. The lowest BCUT2D eigenvalue weighted by Crippen LogP contribution is -2.40. The number of hydrogen-bond acceptors (Lipinski definition) is 3. The third-order valence-electron chi connectivity index (χ3n) is 3.09. The van der Waals surface area contributed by atoms with E-state index in [0.29, 0.717) is 6.04 Å². The first-order valence-corrected chi connectivity index (χ1v) is 6.21. The van der Waals surface area contributed by atoms with Crippen molar-refractivity contribution in [3.8, 4) is 0 Å². The SMILES string of the molecule is CC1CCN(CCC(CO)NC(C)C)C1. The molecule has 2 atom stereocenters. The van der Waals surface area contributed by atoms with Crippen molar-refractivity contribution in [2.45, 2.75) is 45.7 Å². The van der Waals surface area contributed by atoms with E-state index >= 15 is 0 Å². The zero-order valence-corrected chi connectivity index (χ0v) is 10.4. The van der Waals surface area contributed by atoms with Crippen molar-refractivity contribution >= 4 is 0 Å². The zero-order chi connectivity index (χ0) is 11.3. The number of likely N-dealkylation sites (tertiary alicyclic amines) is 1. The van der Waals surface area contributed by atoms with Gasteiger partial charge in [0.15, 0.2) is 0 Å². The van der Waals surface area contributed by atoms with E-state index in [1.54, 1.807) is 0 Å². The van der Waals surface area contributed by atoms with Crippen LogP contribution in [0.3, 0.4) is 0 Å². The average Bonchev–Trinajstić information content (AvgIpc) is 2.58. The quantitative estimate of drug-likeness (QED) is 0.694. The maximum Gasteiger partial charge on any atom is 0.0585 e. The Balaban J connectivity index is 2.16. The Labute approximate surface area is 93.9 Å². The molecule has 1 heterocycles. The molecule has 0 saturated carbocycles. The van der Waals surface area contributed by atoms with Gasteiger partial charge in [-0.15, -0.1) is 0 Å². The Morgan fingerprint density at radius 3 is 2.67 bits per heavy atom. The van der Waals surface area contributed by atoms with Crippen molar-refractivity contribution in [1.29, 1.82) is 0 Å². The Morgan fingerprint density at radius 2 is 2.20 bits per heavy atom. The first-order valence-electron chi connectivity index (χ1n) is 6.21. The number of nitrogens with zero attached hydrogens (tertiary/aromatic N) is 1. The van der Waals surface area contributed by atoms with E-state index in [9.17, 15) is 5.11 Å². The highest BCUT2D eigenvalue weighted by Gasteiger charge is 2.19. The van der Waals surface area contributed by atoms with Crippen molar-refractivity contribution in [1.82, 2.24) is 10.2 Å². The molecule has 0 aromatic rings. The molecule has 0 radical (unpaired) electrons. The standard InChI is InChI=1S/C12H26N2O/c1-10(2)13-12(9-15)5-7-14-6-4-11(3)8-14/h10-13,15H,4-9H2,1-3H3. The highest BCUT2D eigenvalue weighted by molar-refractivity contribution is 4.75. The molecule has 2 N–H and O–H groups in total. The summed E-state index contributed by atoms with van der Waals surface area (Å²) in [6.07, 6.45) is 2.39. The summed E-state index contributed by atoms with van der Waals surface area (Å²) in [7, 11) is 0. The highest BCUT2D eigenvalue weighted by Crippen LogP contribution is 2.15. The van der Waals surface area contributed by atoms with Crippen LogP contribution in [0.2, 0.25) is 0 Å². The Morgan fingerprint density at radius 1 is 1.47 bits per heavy atom.